The maximum Gasteiger partial charge on any atom is 0.242 e. The van der Waals surface area contributed by atoms with E-state index in [0.717, 1.165) is 6.42 Å². The van der Waals surface area contributed by atoms with Crippen LogP contribution in [0.25, 0.3) is 0 Å². The van der Waals surface area contributed by atoms with Crippen LogP contribution < -0.4 is 0 Å². The van der Waals surface area contributed by atoms with Gasteiger partial charge >= 0.3 is 0 Å². The molecule has 4 nitrogen and oxygen atoms in total. The average molecular weight is 196 g/mol. The van der Waals surface area contributed by atoms with Crippen molar-refractivity contribution in [3.05, 3.63) is 0 Å². The van der Waals surface area contributed by atoms with Crippen molar-refractivity contribution in [2.75, 3.05) is 20.2 Å². The summed E-state index contributed by atoms with van der Waals surface area (Å²) in [5.41, 5.74) is -0.914. The first-order valence-electron chi connectivity index (χ1n) is 4.74. The number of carbonyl (C=O) groups excluding carboxylic acids is 1. The average Bonchev–Trinajstić information content (AvgIpc) is 2.64. The highest BCUT2D eigenvalue weighted by atomic mass is 16.5. The maximum absolute atomic E-state index is 11.8. The Labute approximate surface area is 84.4 Å². The van der Waals surface area contributed by atoms with Gasteiger partial charge in [0.2, 0.25) is 5.91 Å². The molecule has 0 aromatic carbocycles. The molecular formula is C10H16N2O2. The van der Waals surface area contributed by atoms with Gasteiger partial charge in [0, 0.05) is 20.2 Å². The number of hydrogen-bond donors (Lipinski definition) is 0. The summed E-state index contributed by atoms with van der Waals surface area (Å²) in [6.07, 6.45) is 0.998. The summed E-state index contributed by atoms with van der Waals surface area (Å²) in [6, 6.07) is 2.02. The fourth-order valence-electron chi connectivity index (χ4n) is 1.55. The molecule has 0 aromatic heterocycles. The van der Waals surface area contributed by atoms with Crippen LogP contribution in [0, 0.1) is 16.7 Å². The van der Waals surface area contributed by atoms with E-state index in [4.69, 9.17) is 10.00 Å². The Kier molecular flexibility index (Phi) is 3.12. The SMILES string of the molecule is COC1CCN(C(=O)C(C)(C)C#N)C1. The Morgan fingerprint density at radius 3 is 2.71 bits per heavy atom. The molecule has 78 valence electrons. The van der Waals surface area contributed by atoms with Gasteiger partial charge in [-0.2, -0.15) is 5.26 Å². The fourth-order valence-corrected chi connectivity index (χ4v) is 1.55. The van der Waals surface area contributed by atoms with Crippen LogP contribution in [0.3, 0.4) is 0 Å². The summed E-state index contributed by atoms with van der Waals surface area (Å²) in [5, 5.41) is 8.82. The molecule has 1 saturated heterocycles. The van der Waals surface area contributed by atoms with E-state index >= 15 is 0 Å². The molecule has 1 atom stereocenters. The van der Waals surface area contributed by atoms with Gasteiger partial charge in [0.05, 0.1) is 12.2 Å². The number of hydrogen-bond acceptors (Lipinski definition) is 3. The minimum absolute atomic E-state index is 0.0976. The summed E-state index contributed by atoms with van der Waals surface area (Å²) in [5.74, 6) is -0.0976. The Bertz CT molecular complexity index is 268. The summed E-state index contributed by atoms with van der Waals surface area (Å²) >= 11 is 0. The fraction of sp³-hybridized carbons (Fsp3) is 0.800. The molecule has 0 radical (unpaired) electrons. The smallest absolute Gasteiger partial charge is 0.242 e. The summed E-state index contributed by atoms with van der Waals surface area (Å²) < 4.78 is 5.16. The minimum Gasteiger partial charge on any atom is -0.380 e. The first-order chi connectivity index (χ1) is 6.51. The van der Waals surface area contributed by atoms with Crippen molar-refractivity contribution >= 4 is 5.91 Å². The Balaban J connectivity index is 2.61. The number of nitriles is 1. The van der Waals surface area contributed by atoms with E-state index in [1.54, 1.807) is 25.9 Å². The highest BCUT2D eigenvalue weighted by molar-refractivity contribution is 5.84. The zero-order valence-electron chi connectivity index (χ0n) is 8.91. The van der Waals surface area contributed by atoms with Crippen molar-refractivity contribution in [3.8, 4) is 6.07 Å². The van der Waals surface area contributed by atoms with Crippen LogP contribution in [-0.4, -0.2) is 37.1 Å². The molecule has 0 bridgehead atoms. The molecule has 1 fully saturated rings. The molecule has 0 N–H and O–H groups in total. The van der Waals surface area contributed by atoms with Crippen molar-refractivity contribution in [3.63, 3.8) is 0 Å². The van der Waals surface area contributed by atoms with Gasteiger partial charge in [0.15, 0.2) is 0 Å². The number of rotatable bonds is 2. The van der Waals surface area contributed by atoms with Crippen LogP contribution in [0.2, 0.25) is 0 Å². The lowest BCUT2D eigenvalue weighted by Crippen LogP contribution is -2.39. The lowest BCUT2D eigenvalue weighted by molar-refractivity contribution is -0.136. The molecule has 1 aliphatic rings. The van der Waals surface area contributed by atoms with Crippen molar-refractivity contribution in [1.29, 1.82) is 5.26 Å². The summed E-state index contributed by atoms with van der Waals surface area (Å²) in [7, 11) is 1.65. The molecule has 0 spiro atoms. The van der Waals surface area contributed by atoms with Crippen LogP contribution >= 0.6 is 0 Å². The number of amides is 1. The predicted molar refractivity (Wildman–Crippen MR) is 51.4 cm³/mol. The van der Waals surface area contributed by atoms with Gasteiger partial charge < -0.3 is 9.64 Å². The highest BCUT2D eigenvalue weighted by Crippen LogP contribution is 2.21. The van der Waals surface area contributed by atoms with Gasteiger partial charge in [-0.15, -0.1) is 0 Å². The molecule has 14 heavy (non-hydrogen) atoms. The van der Waals surface area contributed by atoms with Gasteiger partial charge in [-0.05, 0) is 20.3 Å². The molecule has 1 aliphatic heterocycles. The van der Waals surface area contributed by atoms with Gasteiger partial charge in [0.25, 0.3) is 0 Å². The molecule has 4 heteroatoms. The minimum atomic E-state index is -0.914. The van der Waals surface area contributed by atoms with Crippen LogP contribution in [0.5, 0.6) is 0 Å². The van der Waals surface area contributed by atoms with Crippen LogP contribution in [0.15, 0.2) is 0 Å². The molecule has 1 rings (SSSR count). The number of nitrogens with zero attached hydrogens (tertiary/aromatic N) is 2. The van der Waals surface area contributed by atoms with Crippen LogP contribution in [0.4, 0.5) is 0 Å². The normalized spacial score (nSPS) is 22.1. The zero-order chi connectivity index (χ0) is 10.8. The first kappa shape index (κ1) is 11.0. The van der Waals surface area contributed by atoms with E-state index in [9.17, 15) is 4.79 Å². The van der Waals surface area contributed by atoms with Crippen molar-refractivity contribution in [2.45, 2.75) is 26.4 Å². The number of carbonyl (C=O) groups is 1. The van der Waals surface area contributed by atoms with E-state index in [1.165, 1.54) is 0 Å². The molecule has 1 heterocycles. The van der Waals surface area contributed by atoms with E-state index in [-0.39, 0.29) is 12.0 Å². The third kappa shape index (κ3) is 2.05. The standard InChI is InChI=1S/C10H16N2O2/c1-10(2,7-11)9(13)12-5-4-8(6-12)14-3/h8H,4-6H2,1-3H3. The lowest BCUT2D eigenvalue weighted by Gasteiger charge is -2.23. The Morgan fingerprint density at radius 2 is 2.29 bits per heavy atom. The van der Waals surface area contributed by atoms with Crippen molar-refractivity contribution in [1.82, 2.24) is 4.90 Å². The number of methoxy groups -OCH3 is 1. The van der Waals surface area contributed by atoms with Gasteiger partial charge in [-0.3, -0.25) is 4.79 Å². The first-order valence-corrected chi connectivity index (χ1v) is 4.74. The van der Waals surface area contributed by atoms with E-state index in [0.29, 0.717) is 13.1 Å². The maximum atomic E-state index is 11.8. The number of ether oxygens (including phenoxy) is 1. The lowest BCUT2D eigenvalue weighted by atomic mass is 9.94. The van der Waals surface area contributed by atoms with E-state index in [1.807, 2.05) is 6.07 Å². The van der Waals surface area contributed by atoms with E-state index in [2.05, 4.69) is 0 Å². The van der Waals surface area contributed by atoms with Gasteiger partial charge in [-0.25, -0.2) is 0 Å². The monoisotopic (exact) mass is 196 g/mol. The Hall–Kier alpha value is -1.08. The predicted octanol–water partition coefficient (Wildman–Crippen LogP) is 0.783. The van der Waals surface area contributed by atoms with Gasteiger partial charge in [-0.1, -0.05) is 0 Å². The highest BCUT2D eigenvalue weighted by Gasteiger charge is 2.35. The third-order valence-electron chi connectivity index (χ3n) is 2.58. The largest absolute Gasteiger partial charge is 0.380 e. The molecular weight excluding hydrogens is 180 g/mol. The summed E-state index contributed by atoms with van der Waals surface area (Å²) in [4.78, 5) is 13.5. The molecule has 0 aliphatic carbocycles. The molecule has 0 aromatic rings. The second-order valence-electron chi connectivity index (χ2n) is 4.13. The van der Waals surface area contributed by atoms with Crippen molar-refractivity contribution < 1.29 is 9.53 Å². The second-order valence-corrected chi connectivity index (χ2v) is 4.13. The second kappa shape index (κ2) is 3.97. The van der Waals surface area contributed by atoms with Crippen LogP contribution in [0.1, 0.15) is 20.3 Å². The molecule has 0 saturated carbocycles. The molecule has 1 unspecified atom stereocenters. The topological polar surface area (TPSA) is 53.3 Å². The van der Waals surface area contributed by atoms with E-state index < -0.39 is 5.41 Å². The van der Waals surface area contributed by atoms with Crippen LogP contribution in [-0.2, 0) is 9.53 Å². The van der Waals surface area contributed by atoms with Crippen molar-refractivity contribution in [2.24, 2.45) is 5.41 Å². The number of likely N-dealkylation sites (tertiary alicyclic amines) is 1. The summed E-state index contributed by atoms with van der Waals surface area (Å²) in [6.45, 7) is 4.60. The quantitative estimate of drug-likeness (QED) is 0.656. The Morgan fingerprint density at radius 1 is 1.64 bits per heavy atom. The molecule has 1 amide bonds. The zero-order valence-corrected chi connectivity index (χ0v) is 8.91. The third-order valence-corrected chi connectivity index (χ3v) is 2.58. The van der Waals surface area contributed by atoms with Gasteiger partial charge in [0.1, 0.15) is 5.41 Å².